The lowest BCUT2D eigenvalue weighted by Crippen LogP contribution is -2.42. The maximum Gasteiger partial charge on any atom is 0.275 e. The van der Waals surface area contributed by atoms with Crippen LogP contribution in [0.3, 0.4) is 0 Å². The summed E-state index contributed by atoms with van der Waals surface area (Å²) in [5.74, 6) is 1.20. The molecule has 1 aliphatic rings. The van der Waals surface area contributed by atoms with Gasteiger partial charge in [-0.25, -0.2) is 4.98 Å². The van der Waals surface area contributed by atoms with Crippen molar-refractivity contribution in [2.24, 2.45) is 0 Å². The van der Waals surface area contributed by atoms with Crippen LogP contribution >= 0.6 is 0 Å². The molecule has 0 radical (unpaired) electrons. The quantitative estimate of drug-likeness (QED) is 0.429. The zero-order valence-electron chi connectivity index (χ0n) is 20.4. The van der Waals surface area contributed by atoms with Crippen LogP contribution in [0.5, 0.6) is 0 Å². The number of aliphatic hydroxyl groups excluding tert-OH is 1. The van der Waals surface area contributed by atoms with E-state index in [0.29, 0.717) is 22.8 Å². The minimum absolute atomic E-state index is 0.0175. The fourth-order valence-corrected chi connectivity index (χ4v) is 4.58. The molecule has 4 aromatic rings. The largest absolute Gasteiger partial charge is 0.394 e. The minimum atomic E-state index is -0.319. The monoisotopic (exact) mass is 487 g/mol. The van der Waals surface area contributed by atoms with Gasteiger partial charge in [0.1, 0.15) is 12.4 Å². The summed E-state index contributed by atoms with van der Waals surface area (Å²) in [6.45, 7) is 4.68. The number of hydrogen-bond acceptors (Lipinski definition) is 7. The molecule has 1 unspecified atom stereocenters. The molecule has 0 aliphatic carbocycles. The number of benzene rings is 1. The second-order valence-corrected chi connectivity index (χ2v) is 9.20. The van der Waals surface area contributed by atoms with E-state index in [4.69, 9.17) is 0 Å². The highest BCUT2D eigenvalue weighted by Crippen LogP contribution is 2.25. The molecule has 0 bridgehead atoms. The van der Waals surface area contributed by atoms with Crippen LogP contribution in [0.4, 0.5) is 11.5 Å². The summed E-state index contributed by atoms with van der Waals surface area (Å²) < 4.78 is 2.88. The maximum atomic E-state index is 12.8. The van der Waals surface area contributed by atoms with E-state index in [-0.39, 0.29) is 36.4 Å². The van der Waals surface area contributed by atoms with Crippen LogP contribution in [-0.2, 0) is 11.3 Å². The predicted molar refractivity (Wildman–Crippen MR) is 137 cm³/mol. The second kappa shape index (κ2) is 9.90. The van der Waals surface area contributed by atoms with Crippen molar-refractivity contribution in [1.82, 2.24) is 24.1 Å². The Bertz CT molecular complexity index is 1440. The maximum absolute atomic E-state index is 12.8. The number of anilines is 2. The zero-order chi connectivity index (χ0) is 25.2. The number of carbonyl (C=O) groups is 1. The third kappa shape index (κ3) is 4.72. The third-order valence-corrected chi connectivity index (χ3v) is 6.57. The number of hydrogen-bond donors (Lipinski definition) is 2. The van der Waals surface area contributed by atoms with Crippen molar-refractivity contribution in [3.05, 3.63) is 70.3 Å². The Morgan fingerprint density at radius 2 is 1.94 bits per heavy atom. The molecular formula is C26H29N7O3. The van der Waals surface area contributed by atoms with E-state index in [2.05, 4.69) is 25.3 Å². The fourth-order valence-electron chi connectivity index (χ4n) is 4.58. The van der Waals surface area contributed by atoms with E-state index in [9.17, 15) is 14.7 Å². The fraction of sp³-hybridized carbons (Fsp3) is 0.346. The molecule has 0 spiro atoms. The Kier molecular flexibility index (Phi) is 6.51. The molecule has 1 aliphatic heterocycles. The molecule has 3 aromatic heterocycles. The first-order valence-electron chi connectivity index (χ1n) is 12.1. The first kappa shape index (κ1) is 23.7. The van der Waals surface area contributed by atoms with Gasteiger partial charge in [0.15, 0.2) is 5.82 Å². The summed E-state index contributed by atoms with van der Waals surface area (Å²) in [4.78, 5) is 36.7. The highest BCUT2D eigenvalue weighted by atomic mass is 16.3. The Morgan fingerprint density at radius 3 is 2.67 bits per heavy atom. The Morgan fingerprint density at radius 1 is 1.14 bits per heavy atom. The molecule has 1 amide bonds. The van der Waals surface area contributed by atoms with Crippen LogP contribution in [0, 0.1) is 13.8 Å². The molecule has 4 heterocycles. The van der Waals surface area contributed by atoms with E-state index in [1.54, 1.807) is 17.7 Å². The average Bonchev–Trinajstić information content (AvgIpc) is 3.34. The van der Waals surface area contributed by atoms with E-state index in [0.717, 1.165) is 37.2 Å². The van der Waals surface area contributed by atoms with Gasteiger partial charge in [0, 0.05) is 35.8 Å². The number of amides is 1. The van der Waals surface area contributed by atoms with Crippen LogP contribution in [0.15, 0.2) is 53.5 Å². The first-order chi connectivity index (χ1) is 17.4. The third-order valence-electron chi connectivity index (χ3n) is 6.57. The summed E-state index contributed by atoms with van der Waals surface area (Å²) in [6, 6.07) is 12.8. The van der Waals surface area contributed by atoms with Gasteiger partial charge in [0.25, 0.3) is 5.56 Å². The number of rotatable bonds is 6. The summed E-state index contributed by atoms with van der Waals surface area (Å²) >= 11 is 0. The van der Waals surface area contributed by atoms with Gasteiger partial charge in [-0.1, -0.05) is 17.7 Å². The number of piperidine rings is 1. The van der Waals surface area contributed by atoms with E-state index in [1.807, 2.05) is 43.3 Å². The number of aryl methyl sites for hydroxylation is 2. The van der Waals surface area contributed by atoms with Gasteiger partial charge < -0.3 is 19.9 Å². The normalized spacial score (nSPS) is 15.9. The standard InChI is InChI=1S/C26H29N7O3/c1-17-6-9-20(10-7-17)28-23(35)15-32-18(2)13-24(36)33-26(32)29-25(30-33)19-8-11-22(27-14-19)31-12-4-3-5-21(31)16-34/h6-11,13-14,21,34H,3-5,12,15-16H2,1-2H3,(H,28,35). The summed E-state index contributed by atoms with van der Waals surface area (Å²) in [6.07, 6.45) is 4.79. The smallest absolute Gasteiger partial charge is 0.275 e. The number of nitrogens with one attached hydrogen (secondary N) is 1. The number of aliphatic hydroxyl groups is 1. The Balaban J connectivity index is 1.42. The zero-order valence-corrected chi connectivity index (χ0v) is 20.4. The van der Waals surface area contributed by atoms with Crippen molar-refractivity contribution in [2.75, 3.05) is 23.4 Å². The van der Waals surface area contributed by atoms with Crippen molar-refractivity contribution < 1.29 is 9.90 Å². The Labute approximate surface area is 208 Å². The summed E-state index contributed by atoms with van der Waals surface area (Å²) in [5.41, 5.74) is 2.76. The van der Waals surface area contributed by atoms with E-state index >= 15 is 0 Å². The molecule has 2 N–H and O–H groups in total. The first-order valence-corrected chi connectivity index (χ1v) is 12.1. The number of carbonyl (C=O) groups excluding carboxylic acids is 1. The van der Waals surface area contributed by atoms with Crippen molar-refractivity contribution in [2.45, 2.75) is 45.7 Å². The van der Waals surface area contributed by atoms with Gasteiger partial charge in [-0.05, 0) is 57.4 Å². The summed E-state index contributed by atoms with van der Waals surface area (Å²) in [7, 11) is 0. The molecule has 5 rings (SSSR count). The number of pyridine rings is 1. The second-order valence-electron chi connectivity index (χ2n) is 9.20. The van der Waals surface area contributed by atoms with Crippen molar-refractivity contribution in [3.63, 3.8) is 0 Å². The minimum Gasteiger partial charge on any atom is -0.394 e. The lowest BCUT2D eigenvalue weighted by Gasteiger charge is -2.35. The molecular weight excluding hydrogens is 458 g/mol. The molecule has 1 aromatic carbocycles. The number of aromatic nitrogens is 5. The van der Waals surface area contributed by atoms with E-state index < -0.39 is 0 Å². The highest BCUT2D eigenvalue weighted by Gasteiger charge is 2.23. The lowest BCUT2D eigenvalue weighted by molar-refractivity contribution is -0.116. The van der Waals surface area contributed by atoms with Crippen LogP contribution in [0.1, 0.15) is 30.5 Å². The van der Waals surface area contributed by atoms with Gasteiger partial charge in [-0.3, -0.25) is 9.59 Å². The van der Waals surface area contributed by atoms with Gasteiger partial charge in [-0.15, -0.1) is 5.10 Å². The van der Waals surface area contributed by atoms with Crippen LogP contribution in [0.25, 0.3) is 17.2 Å². The predicted octanol–water partition coefficient (Wildman–Crippen LogP) is 2.56. The van der Waals surface area contributed by atoms with Crippen LogP contribution < -0.4 is 15.8 Å². The molecule has 10 nitrogen and oxygen atoms in total. The van der Waals surface area contributed by atoms with E-state index in [1.165, 1.54) is 10.6 Å². The molecule has 10 heteroatoms. The molecule has 0 saturated carbocycles. The summed E-state index contributed by atoms with van der Waals surface area (Å²) in [5, 5.41) is 17.0. The van der Waals surface area contributed by atoms with Crippen molar-refractivity contribution in [3.8, 4) is 11.4 Å². The van der Waals surface area contributed by atoms with Gasteiger partial charge in [0.05, 0.1) is 12.6 Å². The highest BCUT2D eigenvalue weighted by molar-refractivity contribution is 5.90. The number of fused-ring (bicyclic) bond motifs is 1. The molecule has 1 fully saturated rings. The van der Waals surface area contributed by atoms with Crippen molar-refractivity contribution >= 4 is 23.2 Å². The van der Waals surface area contributed by atoms with Gasteiger partial charge >= 0.3 is 0 Å². The van der Waals surface area contributed by atoms with Crippen LogP contribution in [0.2, 0.25) is 0 Å². The number of nitrogens with zero attached hydrogens (tertiary/aromatic N) is 6. The SMILES string of the molecule is Cc1ccc(NC(=O)Cn2c(C)cc(=O)n3nc(-c4ccc(N5CCCCC5CO)nc4)nc23)cc1. The molecule has 1 atom stereocenters. The topological polar surface area (TPSA) is 118 Å². The van der Waals surface area contributed by atoms with Crippen molar-refractivity contribution in [1.29, 1.82) is 0 Å². The van der Waals surface area contributed by atoms with Crippen LogP contribution in [-0.4, -0.2) is 54.4 Å². The van der Waals surface area contributed by atoms with Gasteiger partial charge in [-0.2, -0.15) is 9.50 Å². The van der Waals surface area contributed by atoms with Gasteiger partial charge in [0.2, 0.25) is 11.7 Å². The molecule has 1 saturated heterocycles. The molecule has 36 heavy (non-hydrogen) atoms. The molecule has 186 valence electrons. The lowest BCUT2D eigenvalue weighted by atomic mass is 10.0. The average molecular weight is 488 g/mol. The Hall–Kier alpha value is -4.05.